The average molecular weight is 243 g/mol. The van der Waals surface area contributed by atoms with Crippen molar-refractivity contribution in [2.75, 3.05) is 25.2 Å². The molecule has 1 aromatic rings. The number of pyridine rings is 1. The predicted octanol–water partition coefficient (Wildman–Crippen LogP) is -0.357. The first-order valence-electron chi connectivity index (χ1n) is 4.54. The van der Waals surface area contributed by atoms with Crippen LogP contribution in [0.5, 0.6) is 0 Å². The number of nitrogens with one attached hydrogen (secondary N) is 2. The lowest BCUT2D eigenvalue weighted by atomic mass is 10.4. The largest absolute Gasteiger partial charge is 0.324 e. The van der Waals surface area contributed by atoms with E-state index in [1.165, 1.54) is 18.3 Å². The van der Waals surface area contributed by atoms with Crippen LogP contribution in [0.3, 0.4) is 0 Å². The molecule has 2 N–H and O–H groups in total. The summed E-state index contributed by atoms with van der Waals surface area (Å²) >= 11 is 0. The van der Waals surface area contributed by atoms with Crippen LogP contribution in [0.2, 0.25) is 0 Å². The minimum absolute atomic E-state index is 0.0147. The van der Waals surface area contributed by atoms with Crippen molar-refractivity contribution in [3.8, 4) is 0 Å². The van der Waals surface area contributed by atoms with Crippen molar-refractivity contribution in [3.63, 3.8) is 0 Å². The van der Waals surface area contributed by atoms with Crippen LogP contribution < -0.4 is 10.6 Å². The molecule has 0 bridgehead atoms. The third kappa shape index (κ3) is 3.59. The number of amides is 1. The Hall–Kier alpha value is -1.47. The van der Waals surface area contributed by atoms with Crippen molar-refractivity contribution >= 4 is 21.4 Å². The number of likely N-dealkylation sites (N-methyl/N-ethyl adjacent to an activating group) is 1. The molecule has 7 heteroatoms. The summed E-state index contributed by atoms with van der Waals surface area (Å²) in [7, 11) is -1.64. The molecule has 0 saturated carbocycles. The molecular weight excluding hydrogens is 230 g/mol. The summed E-state index contributed by atoms with van der Waals surface area (Å²) in [5.41, 5.74) is 0.465. The number of carbonyl (C=O) groups is 1. The molecule has 0 aliphatic carbocycles. The molecular formula is C9H13N3O3S. The standard InChI is InChI=1S/C9H13N3O3S/c1-10-6-8(13)12-7-3-4-9(11-5-7)16(2,14)15/h3-5,10H,6H2,1-2H3,(H,12,13). The van der Waals surface area contributed by atoms with Gasteiger partial charge in [0, 0.05) is 6.26 Å². The summed E-state index contributed by atoms with van der Waals surface area (Å²) in [6, 6.07) is 2.85. The molecule has 0 spiro atoms. The smallest absolute Gasteiger partial charge is 0.238 e. The molecule has 16 heavy (non-hydrogen) atoms. The van der Waals surface area contributed by atoms with Gasteiger partial charge in [-0.2, -0.15) is 0 Å². The fraction of sp³-hybridized carbons (Fsp3) is 0.333. The lowest BCUT2D eigenvalue weighted by molar-refractivity contribution is -0.115. The highest BCUT2D eigenvalue weighted by molar-refractivity contribution is 7.90. The van der Waals surface area contributed by atoms with Crippen LogP contribution in [0, 0.1) is 0 Å². The van der Waals surface area contributed by atoms with Gasteiger partial charge in [0.2, 0.25) is 5.91 Å². The number of nitrogens with zero attached hydrogens (tertiary/aromatic N) is 1. The first-order chi connectivity index (χ1) is 7.43. The molecule has 1 rings (SSSR count). The Morgan fingerprint density at radius 3 is 2.56 bits per heavy atom. The Balaban J connectivity index is 2.76. The predicted molar refractivity (Wildman–Crippen MR) is 59.9 cm³/mol. The molecule has 6 nitrogen and oxygen atoms in total. The Kier molecular flexibility index (Phi) is 3.97. The Morgan fingerprint density at radius 2 is 2.12 bits per heavy atom. The number of aromatic nitrogens is 1. The maximum absolute atomic E-state index is 11.2. The number of anilines is 1. The fourth-order valence-electron chi connectivity index (χ4n) is 1.04. The molecule has 0 aliphatic rings. The third-order valence-electron chi connectivity index (χ3n) is 1.74. The van der Waals surface area contributed by atoms with Gasteiger partial charge in [-0.1, -0.05) is 0 Å². The summed E-state index contributed by atoms with van der Waals surface area (Å²) in [5.74, 6) is -0.212. The molecule has 0 unspecified atom stereocenters. The zero-order valence-corrected chi connectivity index (χ0v) is 9.84. The highest BCUT2D eigenvalue weighted by atomic mass is 32.2. The second kappa shape index (κ2) is 5.04. The number of hydrogen-bond donors (Lipinski definition) is 2. The maximum atomic E-state index is 11.2. The first kappa shape index (κ1) is 12.6. The summed E-state index contributed by atoms with van der Waals surface area (Å²) < 4.78 is 22.2. The third-order valence-corrected chi connectivity index (χ3v) is 2.74. The van der Waals surface area contributed by atoms with E-state index in [1.54, 1.807) is 7.05 Å². The van der Waals surface area contributed by atoms with Crippen molar-refractivity contribution in [3.05, 3.63) is 18.3 Å². The van der Waals surface area contributed by atoms with Gasteiger partial charge in [0.25, 0.3) is 0 Å². The molecule has 0 fully saturated rings. The topological polar surface area (TPSA) is 88.2 Å². The Bertz CT molecular complexity index is 467. The van der Waals surface area contributed by atoms with E-state index in [4.69, 9.17) is 0 Å². The monoisotopic (exact) mass is 243 g/mol. The van der Waals surface area contributed by atoms with Gasteiger partial charge in [-0.05, 0) is 19.2 Å². The van der Waals surface area contributed by atoms with Crippen LogP contribution >= 0.6 is 0 Å². The van der Waals surface area contributed by atoms with E-state index in [9.17, 15) is 13.2 Å². The van der Waals surface area contributed by atoms with Crippen molar-refractivity contribution in [2.24, 2.45) is 0 Å². The van der Waals surface area contributed by atoms with E-state index >= 15 is 0 Å². The number of carbonyl (C=O) groups excluding carboxylic acids is 1. The lowest BCUT2D eigenvalue weighted by Crippen LogP contribution is -2.25. The maximum Gasteiger partial charge on any atom is 0.238 e. The van der Waals surface area contributed by atoms with Crippen LogP contribution in [0.15, 0.2) is 23.4 Å². The summed E-state index contributed by atoms with van der Waals surface area (Å²) in [4.78, 5) is 14.9. The van der Waals surface area contributed by atoms with Gasteiger partial charge in [-0.15, -0.1) is 0 Å². The highest BCUT2D eigenvalue weighted by Gasteiger charge is 2.08. The van der Waals surface area contributed by atoms with Gasteiger partial charge < -0.3 is 10.6 Å². The molecule has 88 valence electrons. The molecule has 1 heterocycles. The second-order valence-corrected chi connectivity index (χ2v) is 5.20. The summed E-state index contributed by atoms with van der Waals surface area (Å²) in [5, 5.41) is 5.24. The zero-order valence-electron chi connectivity index (χ0n) is 9.02. The van der Waals surface area contributed by atoms with E-state index in [0.717, 1.165) is 6.26 Å². The van der Waals surface area contributed by atoms with Crippen molar-refractivity contribution in [2.45, 2.75) is 5.03 Å². The van der Waals surface area contributed by atoms with Crippen LogP contribution in [0.4, 0.5) is 5.69 Å². The molecule has 0 aliphatic heterocycles. The van der Waals surface area contributed by atoms with Crippen LogP contribution in [-0.4, -0.2) is 39.2 Å². The van der Waals surface area contributed by atoms with Crippen molar-refractivity contribution in [1.82, 2.24) is 10.3 Å². The summed E-state index contributed by atoms with van der Waals surface area (Å²) in [6.45, 7) is 0.188. The quantitative estimate of drug-likeness (QED) is 0.754. The highest BCUT2D eigenvalue weighted by Crippen LogP contribution is 2.09. The number of hydrogen-bond acceptors (Lipinski definition) is 5. The van der Waals surface area contributed by atoms with Crippen LogP contribution in [0.1, 0.15) is 0 Å². The second-order valence-electron chi connectivity index (χ2n) is 3.24. The normalized spacial score (nSPS) is 11.1. The van der Waals surface area contributed by atoms with Crippen LogP contribution in [-0.2, 0) is 14.6 Å². The van der Waals surface area contributed by atoms with Gasteiger partial charge >= 0.3 is 0 Å². The minimum Gasteiger partial charge on any atom is -0.324 e. The fourth-order valence-corrected chi connectivity index (χ4v) is 1.60. The van der Waals surface area contributed by atoms with Gasteiger partial charge in [-0.3, -0.25) is 4.79 Å². The Labute approximate surface area is 94.0 Å². The molecule has 1 aromatic heterocycles. The summed E-state index contributed by atoms with van der Waals surface area (Å²) in [6.07, 6.45) is 2.39. The van der Waals surface area contributed by atoms with Gasteiger partial charge in [0.1, 0.15) is 0 Å². The van der Waals surface area contributed by atoms with E-state index in [2.05, 4.69) is 15.6 Å². The van der Waals surface area contributed by atoms with Gasteiger partial charge in [-0.25, -0.2) is 13.4 Å². The molecule has 0 aromatic carbocycles. The molecule has 1 amide bonds. The van der Waals surface area contributed by atoms with Crippen LogP contribution in [0.25, 0.3) is 0 Å². The van der Waals surface area contributed by atoms with E-state index in [1.807, 2.05) is 0 Å². The molecule has 0 radical (unpaired) electrons. The van der Waals surface area contributed by atoms with Crippen molar-refractivity contribution < 1.29 is 13.2 Å². The van der Waals surface area contributed by atoms with E-state index in [-0.39, 0.29) is 17.5 Å². The van der Waals surface area contributed by atoms with Gasteiger partial charge in [0.15, 0.2) is 14.9 Å². The Morgan fingerprint density at radius 1 is 1.44 bits per heavy atom. The minimum atomic E-state index is -3.29. The number of rotatable bonds is 4. The SMILES string of the molecule is CNCC(=O)Nc1ccc(S(C)(=O)=O)nc1. The average Bonchev–Trinajstić information content (AvgIpc) is 2.17. The van der Waals surface area contributed by atoms with E-state index < -0.39 is 9.84 Å². The number of sulfone groups is 1. The lowest BCUT2D eigenvalue weighted by Gasteiger charge is -2.04. The van der Waals surface area contributed by atoms with E-state index in [0.29, 0.717) is 5.69 Å². The zero-order chi connectivity index (χ0) is 12.2. The molecule has 0 saturated heterocycles. The first-order valence-corrected chi connectivity index (χ1v) is 6.43. The molecule has 0 atom stereocenters. The van der Waals surface area contributed by atoms with Gasteiger partial charge in [0.05, 0.1) is 18.4 Å². The van der Waals surface area contributed by atoms with Crippen molar-refractivity contribution in [1.29, 1.82) is 0 Å².